The van der Waals surface area contributed by atoms with Crippen LogP contribution in [0.25, 0.3) is 5.57 Å². The molecular formula is C20H17NO2S. The molecule has 0 N–H and O–H groups in total. The molecule has 120 valence electrons. The molecule has 4 heteroatoms. The van der Waals surface area contributed by atoms with Crippen LogP contribution in [0.4, 0.5) is 0 Å². The largest absolute Gasteiger partial charge is 0.450 e. The molecular weight excluding hydrogens is 318 g/mol. The lowest BCUT2D eigenvalue weighted by atomic mass is 9.80. The Hall–Kier alpha value is -2.17. The summed E-state index contributed by atoms with van der Waals surface area (Å²) in [4.78, 5) is 14.5. The number of fused-ring (bicyclic) bond motifs is 1. The van der Waals surface area contributed by atoms with Crippen LogP contribution in [0.2, 0.25) is 0 Å². The molecule has 1 aromatic heterocycles. The summed E-state index contributed by atoms with van der Waals surface area (Å²) >= 11 is 1.68. The van der Waals surface area contributed by atoms with Crippen LogP contribution in [-0.4, -0.2) is 29.1 Å². The first-order valence-electron chi connectivity index (χ1n) is 8.21. The fourth-order valence-electron chi connectivity index (χ4n) is 4.20. The predicted octanol–water partition coefficient (Wildman–Crippen LogP) is 3.64. The number of carbonyl (C=O) groups is 1. The van der Waals surface area contributed by atoms with E-state index >= 15 is 0 Å². The van der Waals surface area contributed by atoms with E-state index in [-0.39, 0.29) is 5.97 Å². The zero-order valence-corrected chi connectivity index (χ0v) is 14.0. The highest BCUT2D eigenvalue weighted by Crippen LogP contribution is 2.50. The molecule has 3 nitrogen and oxygen atoms in total. The quantitative estimate of drug-likeness (QED) is 0.802. The standard InChI is InChI=1S/C20H17NO2S/c22-19-9-18-17(15-6-7-24-12-15)8-16-10-20(18,23-19)13-21(16)11-14-4-2-1-3-5-14/h1-9,12,16H,10-11,13H2/t16-,20-/m1/s1. The van der Waals surface area contributed by atoms with E-state index in [0.717, 1.165) is 25.1 Å². The molecule has 2 aliphatic heterocycles. The third kappa shape index (κ3) is 2.10. The number of hydrogen-bond acceptors (Lipinski definition) is 4. The van der Waals surface area contributed by atoms with Crippen molar-refractivity contribution in [2.75, 3.05) is 6.54 Å². The van der Waals surface area contributed by atoms with E-state index in [9.17, 15) is 4.79 Å². The highest BCUT2D eigenvalue weighted by molar-refractivity contribution is 7.08. The highest BCUT2D eigenvalue weighted by Gasteiger charge is 2.55. The average Bonchev–Trinajstić information content (AvgIpc) is 3.27. The smallest absolute Gasteiger partial charge is 0.332 e. The molecule has 3 heterocycles. The lowest BCUT2D eigenvalue weighted by Crippen LogP contribution is -2.36. The van der Waals surface area contributed by atoms with Gasteiger partial charge in [0, 0.05) is 37.2 Å². The molecule has 24 heavy (non-hydrogen) atoms. The third-order valence-electron chi connectivity index (χ3n) is 5.23. The minimum Gasteiger partial charge on any atom is -0.450 e. The Morgan fingerprint density at radius 1 is 1.25 bits per heavy atom. The Morgan fingerprint density at radius 3 is 2.92 bits per heavy atom. The Kier molecular flexibility index (Phi) is 3.05. The average molecular weight is 335 g/mol. The minimum absolute atomic E-state index is 0.201. The normalized spacial score (nSPS) is 28.3. The van der Waals surface area contributed by atoms with Crippen LogP contribution in [0.1, 0.15) is 17.5 Å². The molecule has 2 bridgehead atoms. The maximum absolute atomic E-state index is 12.0. The second-order valence-corrected chi connectivity index (χ2v) is 7.51. The van der Waals surface area contributed by atoms with Gasteiger partial charge in [-0.1, -0.05) is 36.4 Å². The number of hydrogen-bond donors (Lipinski definition) is 0. The van der Waals surface area contributed by atoms with E-state index in [0.29, 0.717) is 6.04 Å². The van der Waals surface area contributed by atoms with Crippen LogP contribution in [-0.2, 0) is 16.1 Å². The van der Waals surface area contributed by atoms with Crippen LogP contribution in [0.15, 0.2) is 64.9 Å². The molecule has 2 aromatic rings. The van der Waals surface area contributed by atoms with Crippen LogP contribution in [0.5, 0.6) is 0 Å². The van der Waals surface area contributed by atoms with E-state index in [2.05, 4.69) is 52.1 Å². The molecule has 3 aliphatic rings. The van der Waals surface area contributed by atoms with E-state index in [1.165, 1.54) is 16.7 Å². The molecule has 1 aliphatic carbocycles. The number of ether oxygens (including phenoxy) is 1. The molecule has 5 rings (SSSR count). The summed E-state index contributed by atoms with van der Waals surface area (Å²) in [5, 5.41) is 4.23. The summed E-state index contributed by atoms with van der Waals surface area (Å²) < 4.78 is 5.83. The first-order valence-corrected chi connectivity index (χ1v) is 9.16. The summed E-state index contributed by atoms with van der Waals surface area (Å²) in [6, 6.07) is 12.9. The molecule has 0 radical (unpaired) electrons. The summed E-state index contributed by atoms with van der Waals surface area (Å²) in [5.41, 5.74) is 4.27. The van der Waals surface area contributed by atoms with Crippen molar-refractivity contribution in [3.05, 3.63) is 76.0 Å². The van der Waals surface area contributed by atoms with Gasteiger partial charge in [0.2, 0.25) is 0 Å². The third-order valence-corrected chi connectivity index (χ3v) is 5.91. The Balaban J connectivity index is 1.54. The van der Waals surface area contributed by atoms with Gasteiger partial charge in [0.05, 0.1) is 0 Å². The molecule has 1 fully saturated rings. The first kappa shape index (κ1) is 14.2. The summed E-state index contributed by atoms with van der Waals surface area (Å²) in [6.07, 6.45) is 4.89. The summed E-state index contributed by atoms with van der Waals surface area (Å²) in [7, 11) is 0. The van der Waals surface area contributed by atoms with Crippen LogP contribution in [0, 0.1) is 0 Å². The van der Waals surface area contributed by atoms with Crippen molar-refractivity contribution in [2.45, 2.75) is 24.6 Å². The van der Waals surface area contributed by atoms with Gasteiger partial charge in [-0.25, -0.2) is 4.79 Å². The van der Waals surface area contributed by atoms with Gasteiger partial charge in [0.1, 0.15) is 0 Å². The van der Waals surface area contributed by atoms with Crippen molar-refractivity contribution < 1.29 is 9.53 Å². The lowest BCUT2D eigenvalue weighted by molar-refractivity contribution is -0.145. The van der Waals surface area contributed by atoms with Gasteiger partial charge < -0.3 is 4.74 Å². The summed E-state index contributed by atoms with van der Waals surface area (Å²) in [6.45, 7) is 1.65. The van der Waals surface area contributed by atoms with Crippen molar-refractivity contribution in [3.63, 3.8) is 0 Å². The number of benzene rings is 1. The van der Waals surface area contributed by atoms with Crippen molar-refractivity contribution in [3.8, 4) is 0 Å². The van der Waals surface area contributed by atoms with Crippen molar-refractivity contribution in [1.29, 1.82) is 0 Å². The number of thiophene rings is 1. The van der Waals surface area contributed by atoms with Gasteiger partial charge in [0.15, 0.2) is 5.60 Å². The number of esters is 1. The molecule has 1 saturated heterocycles. The number of nitrogens with zero attached hydrogens (tertiary/aromatic N) is 1. The molecule has 1 spiro atoms. The van der Waals surface area contributed by atoms with Gasteiger partial charge >= 0.3 is 5.97 Å². The van der Waals surface area contributed by atoms with E-state index in [4.69, 9.17) is 4.74 Å². The van der Waals surface area contributed by atoms with Gasteiger partial charge in [-0.05, 0) is 33.5 Å². The number of carbonyl (C=O) groups excluding carboxylic acids is 1. The lowest BCUT2D eigenvalue weighted by Gasteiger charge is -2.29. The van der Waals surface area contributed by atoms with Crippen LogP contribution in [0.3, 0.4) is 0 Å². The second kappa shape index (κ2) is 5.16. The summed E-state index contributed by atoms with van der Waals surface area (Å²) in [5.74, 6) is -0.201. The fourth-order valence-corrected chi connectivity index (χ4v) is 4.86. The second-order valence-electron chi connectivity index (χ2n) is 6.73. The van der Waals surface area contributed by atoms with E-state index in [1.807, 2.05) is 6.07 Å². The minimum atomic E-state index is -0.456. The monoisotopic (exact) mass is 335 g/mol. The predicted molar refractivity (Wildman–Crippen MR) is 94.5 cm³/mol. The number of rotatable bonds is 3. The first-order chi connectivity index (χ1) is 11.7. The van der Waals surface area contributed by atoms with Gasteiger partial charge in [0.25, 0.3) is 0 Å². The van der Waals surface area contributed by atoms with Crippen LogP contribution < -0.4 is 0 Å². The SMILES string of the molecule is O=C1C=C2C(c3ccsc3)=C[C@@H]3C[C@]2(CN3Cc2ccccc2)O1. The maximum atomic E-state index is 12.0. The Labute approximate surface area is 144 Å². The topological polar surface area (TPSA) is 29.5 Å². The van der Waals surface area contributed by atoms with Gasteiger partial charge in [-0.15, -0.1) is 0 Å². The van der Waals surface area contributed by atoms with Gasteiger partial charge in [-0.3, -0.25) is 4.90 Å². The van der Waals surface area contributed by atoms with Crippen molar-refractivity contribution in [1.82, 2.24) is 4.90 Å². The zero-order chi connectivity index (χ0) is 16.1. The molecule has 2 atom stereocenters. The van der Waals surface area contributed by atoms with E-state index in [1.54, 1.807) is 17.4 Å². The molecule has 1 aromatic carbocycles. The highest BCUT2D eigenvalue weighted by atomic mass is 32.1. The van der Waals surface area contributed by atoms with Gasteiger partial charge in [-0.2, -0.15) is 11.3 Å². The fraction of sp³-hybridized carbons (Fsp3) is 0.250. The maximum Gasteiger partial charge on any atom is 0.332 e. The van der Waals surface area contributed by atoms with Crippen molar-refractivity contribution >= 4 is 22.9 Å². The van der Waals surface area contributed by atoms with Crippen molar-refractivity contribution in [2.24, 2.45) is 0 Å². The molecule has 0 unspecified atom stereocenters. The van der Waals surface area contributed by atoms with E-state index < -0.39 is 5.60 Å². The molecule has 0 amide bonds. The van der Waals surface area contributed by atoms with Crippen LogP contribution >= 0.6 is 11.3 Å². The zero-order valence-electron chi connectivity index (χ0n) is 13.1. The Morgan fingerprint density at radius 2 is 2.12 bits per heavy atom. The number of likely N-dealkylation sites (tertiary alicyclic amines) is 1. The molecule has 0 saturated carbocycles. The Bertz CT molecular complexity index is 853.